The number of nitrogens with one attached hydrogen (secondary N) is 1. The molecule has 0 amide bonds. The van der Waals surface area contributed by atoms with Crippen LogP contribution >= 0.6 is 0 Å². The third kappa shape index (κ3) is 3.48. The van der Waals surface area contributed by atoms with E-state index in [0.717, 1.165) is 12.0 Å². The fourth-order valence-corrected chi connectivity index (χ4v) is 2.66. The summed E-state index contributed by atoms with van der Waals surface area (Å²) >= 11 is 0. The van der Waals surface area contributed by atoms with Gasteiger partial charge in [0.05, 0.1) is 0 Å². The first kappa shape index (κ1) is 11.4. The molecule has 0 radical (unpaired) electrons. The molecule has 88 valence electrons. The highest BCUT2D eigenvalue weighted by atomic mass is 15.0. The third-order valence-electron chi connectivity index (χ3n) is 4.29. The molecule has 1 N–H and O–H groups in total. The monoisotopic (exact) mass is 209 g/mol. The maximum atomic E-state index is 3.75. The predicted molar refractivity (Wildman–Crippen MR) is 66.0 cm³/mol. The summed E-state index contributed by atoms with van der Waals surface area (Å²) in [5, 5.41) is 3.75. The minimum Gasteiger partial charge on any atom is -0.313 e. The van der Waals surface area contributed by atoms with E-state index in [1.165, 1.54) is 57.9 Å². The van der Waals surface area contributed by atoms with Gasteiger partial charge in [0, 0.05) is 12.6 Å². The van der Waals surface area contributed by atoms with Crippen molar-refractivity contribution in [1.29, 1.82) is 0 Å². The molecule has 1 heteroatoms. The van der Waals surface area contributed by atoms with Crippen molar-refractivity contribution in [1.82, 2.24) is 5.32 Å². The van der Waals surface area contributed by atoms with Gasteiger partial charge in [-0.05, 0) is 43.4 Å². The topological polar surface area (TPSA) is 12.0 Å². The van der Waals surface area contributed by atoms with Crippen LogP contribution in [0.25, 0.3) is 0 Å². The van der Waals surface area contributed by atoms with Crippen molar-refractivity contribution in [3.63, 3.8) is 0 Å². The van der Waals surface area contributed by atoms with E-state index in [9.17, 15) is 0 Å². The Morgan fingerprint density at radius 1 is 1.13 bits per heavy atom. The fraction of sp³-hybridized carbons (Fsp3) is 1.00. The second-order valence-electron chi connectivity index (χ2n) is 6.04. The number of hydrogen-bond acceptors (Lipinski definition) is 1. The maximum absolute atomic E-state index is 3.75. The second-order valence-corrected chi connectivity index (χ2v) is 6.04. The molecule has 0 aliphatic heterocycles. The van der Waals surface area contributed by atoms with Gasteiger partial charge in [-0.3, -0.25) is 0 Å². The highest BCUT2D eigenvalue weighted by Crippen LogP contribution is 2.48. The maximum Gasteiger partial charge on any atom is 0.00684 e. The summed E-state index contributed by atoms with van der Waals surface area (Å²) in [7, 11) is 0. The van der Waals surface area contributed by atoms with E-state index in [1.807, 2.05) is 0 Å². The zero-order chi connectivity index (χ0) is 10.7. The molecular weight excluding hydrogens is 182 g/mol. The van der Waals surface area contributed by atoms with E-state index in [1.54, 1.807) is 0 Å². The van der Waals surface area contributed by atoms with Crippen LogP contribution in [0.1, 0.15) is 65.2 Å². The molecule has 0 heterocycles. The summed E-state index contributed by atoms with van der Waals surface area (Å²) in [6, 6.07) is 0.884. The smallest absolute Gasteiger partial charge is 0.00684 e. The van der Waals surface area contributed by atoms with Crippen LogP contribution in [0.15, 0.2) is 0 Å². The molecular formula is C14H27N. The SMILES string of the molecule is CCCCCC(C)(CNC1CC1)C1CC1. The molecule has 0 aromatic heterocycles. The predicted octanol–water partition coefficient (Wildman–Crippen LogP) is 3.74. The van der Waals surface area contributed by atoms with Gasteiger partial charge < -0.3 is 5.32 Å². The van der Waals surface area contributed by atoms with Crippen LogP contribution < -0.4 is 5.32 Å². The lowest BCUT2D eigenvalue weighted by molar-refractivity contribution is 0.228. The van der Waals surface area contributed by atoms with Crippen LogP contribution in [-0.2, 0) is 0 Å². The van der Waals surface area contributed by atoms with Crippen LogP contribution in [0, 0.1) is 11.3 Å². The van der Waals surface area contributed by atoms with Crippen LogP contribution in [0.3, 0.4) is 0 Å². The van der Waals surface area contributed by atoms with E-state index in [-0.39, 0.29) is 0 Å². The lowest BCUT2D eigenvalue weighted by atomic mass is 9.79. The van der Waals surface area contributed by atoms with Gasteiger partial charge in [0.15, 0.2) is 0 Å². The molecule has 0 aromatic rings. The Labute approximate surface area is 95.0 Å². The largest absolute Gasteiger partial charge is 0.313 e. The van der Waals surface area contributed by atoms with Crippen LogP contribution in [0.2, 0.25) is 0 Å². The summed E-state index contributed by atoms with van der Waals surface area (Å²) in [6.07, 6.45) is 11.5. The lowest BCUT2D eigenvalue weighted by Crippen LogP contribution is -2.34. The molecule has 1 unspecified atom stereocenters. The van der Waals surface area contributed by atoms with Gasteiger partial charge in [-0.15, -0.1) is 0 Å². The highest BCUT2D eigenvalue weighted by Gasteiger charge is 2.41. The number of unbranched alkanes of at least 4 members (excludes halogenated alkanes) is 2. The molecule has 0 saturated heterocycles. The fourth-order valence-electron chi connectivity index (χ4n) is 2.66. The van der Waals surface area contributed by atoms with Crippen molar-refractivity contribution >= 4 is 0 Å². The molecule has 0 spiro atoms. The Balaban J connectivity index is 1.73. The molecule has 15 heavy (non-hydrogen) atoms. The van der Waals surface area contributed by atoms with E-state index in [4.69, 9.17) is 0 Å². The van der Waals surface area contributed by atoms with Crippen molar-refractivity contribution in [2.45, 2.75) is 71.3 Å². The molecule has 2 fully saturated rings. The first-order chi connectivity index (χ1) is 7.24. The molecule has 2 aliphatic rings. The van der Waals surface area contributed by atoms with Gasteiger partial charge in [0.25, 0.3) is 0 Å². The Morgan fingerprint density at radius 2 is 1.87 bits per heavy atom. The van der Waals surface area contributed by atoms with Gasteiger partial charge in [-0.1, -0.05) is 33.1 Å². The standard InChI is InChI=1S/C14H27N/c1-3-4-5-10-14(2,12-6-7-12)11-15-13-8-9-13/h12-13,15H,3-11H2,1-2H3. The lowest BCUT2D eigenvalue weighted by Gasteiger charge is -2.30. The zero-order valence-corrected chi connectivity index (χ0v) is 10.5. The second kappa shape index (κ2) is 4.86. The average molecular weight is 209 g/mol. The van der Waals surface area contributed by atoms with Gasteiger partial charge >= 0.3 is 0 Å². The van der Waals surface area contributed by atoms with Gasteiger partial charge in [-0.25, -0.2) is 0 Å². The van der Waals surface area contributed by atoms with E-state index in [2.05, 4.69) is 19.2 Å². The summed E-state index contributed by atoms with van der Waals surface area (Å²) < 4.78 is 0. The van der Waals surface area contributed by atoms with E-state index < -0.39 is 0 Å². The quantitative estimate of drug-likeness (QED) is 0.601. The van der Waals surface area contributed by atoms with Crippen molar-refractivity contribution in [3.8, 4) is 0 Å². The Bertz CT molecular complexity index is 194. The molecule has 1 nitrogen and oxygen atoms in total. The third-order valence-corrected chi connectivity index (χ3v) is 4.29. The van der Waals surface area contributed by atoms with Crippen LogP contribution in [-0.4, -0.2) is 12.6 Å². The first-order valence-corrected chi connectivity index (χ1v) is 6.98. The van der Waals surface area contributed by atoms with Crippen molar-refractivity contribution in [2.24, 2.45) is 11.3 Å². The minimum atomic E-state index is 0.623. The number of rotatable bonds is 8. The van der Waals surface area contributed by atoms with Gasteiger partial charge in [-0.2, -0.15) is 0 Å². The van der Waals surface area contributed by atoms with E-state index >= 15 is 0 Å². The first-order valence-electron chi connectivity index (χ1n) is 6.98. The summed E-state index contributed by atoms with van der Waals surface area (Å²) in [6.45, 7) is 6.11. The number of hydrogen-bond donors (Lipinski definition) is 1. The molecule has 2 aliphatic carbocycles. The Hall–Kier alpha value is -0.0400. The Morgan fingerprint density at radius 3 is 2.40 bits per heavy atom. The zero-order valence-electron chi connectivity index (χ0n) is 10.5. The summed E-state index contributed by atoms with van der Waals surface area (Å²) in [5.41, 5.74) is 0.623. The van der Waals surface area contributed by atoms with Crippen LogP contribution in [0.4, 0.5) is 0 Å². The summed E-state index contributed by atoms with van der Waals surface area (Å²) in [5.74, 6) is 1.04. The summed E-state index contributed by atoms with van der Waals surface area (Å²) in [4.78, 5) is 0. The van der Waals surface area contributed by atoms with E-state index in [0.29, 0.717) is 5.41 Å². The van der Waals surface area contributed by atoms with Gasteiger partial charge in [0.2, 0.25) is 0 Å². The molecule has 1 atom stereocenters. The highest BCUT2D eigenvalue weighted by molar-refractivity contribution is 4.94. The van der Waals surface area contributed by atoms with Crippen LogP contribution in [0.5, 0.6) is 0 Å². The average Bonchev–Trinajstić information content (AvgIpc) is 3.04. The normalized spacial score (nSPS) is 25.2. The molecule has 2 saturated carbocycles. The molecule has 0 bridgehead atoms. The minimum absolute atomic E-state index is 0.623. The Kier molecular flexibility index (Phi) is 3.71. The van der Waals surface area contributed by atoms with Crippen molar-refractivity contribution in [3.05, 3.63) is 0 Å². The van der Waals surface area contributed by atoms with Crippen molar-refractivity contribution in [2.75, 3.05) is 6.54 Å². The molecule has 0 aromatic carbocycles. The molecule has 2 rings (SSSR count). The van der Waals surface area contributed by atoms with Gasteiger partial charge in [0.1, 0.15) is 0 Å². The van der Waals surface area contributed by atoms with Crippen molar-refractivity contribution < 1.29 is 0 Å².